The van der Waals surface area contributed by atoms with Crippen LogP contribution in [0.1, 0.15) is 5.56 Å². The molecular formula is C13H7ClF3N3. The van der Waals surface area contributed by atoms with Crippen LogP contribution in [0.15, 0.2) is 42.7 Å². The van der Waals surface area contributed by atoms with Gasteiger partial charge in [0.25, 0.3) is 0 Å². The summed E-state index contributed by atoms with van der Waals surface area (Å²) in [6, 6.07) is 6.60. The molecule has 0 amide bonds. The molecule has 0 saturated heterocycles. The fourth-order valence-corrected chi connectivity index (χ4v) is 2.08. The summed E-state index contributed by atoms with van der Waals surface area (Å²) in [5.41, 5.74) is 0.614. The lowest BCUT2D eigenvalue weighted by Gasteiger charge is -2.07. The van der Waals surface area contributed by atoms with E-state index in [0.29, 0.717) is 16.8 Å². The molecule has 0 spiro atoms. The molecule has 7 heteroatoms. The summed E-state index contributed by atoms with van der Waals surface area (Å²) in [6.45, 7) is 0. The van der Waals surface area contributed by atoms with Crippen molar-refractivity contribution in [2.45, 2.75) is 6.18 Å². The fourth-order valence-electron chi connectivity index (χ4n) is 1.89. The maximum absolute atomic E-state index is 12.7. The monoisotopic (exact) mass is 297 g/mol. The highest BCUT2D eigenvalue weighted by Crippen LogP contribution is 2.32. The van der Waals surface area contributed by atoms with Gasteiger partial charge in [-0.25, -0.2) is 9.50 Å². The van der Waals surface area contributed by atoms with E-state index >= 15 is 0 Å². The molecule has 0 saturated carbocycles. The maximum atomic E-state index is 12.7. The van der Waals surface area contributed by atoms with Crippen molar-refractivity contribution in [3.05, 3.63) is 53.4 Å². The average Bonchev–Trinajstić information content (AvgIpc) is 2.83. The summed E-state index contributed by atoms with van der Waals surface area (Å²) >= 11 is 5.91. The van der Waals surface area contributed by atoms with E-state index in [4.69, 9.17) is 11.6 Å². The van der Waals surface area contributed by atoms with E-state index in [-0.39, 0.29) is 5.15 Å². The van der Waals surface area contributed by atoms with Crippen LogP contribution in [0.4, 0.5) is 13.2 Å². The van der Waals surface area contributed by atoms with Gasteiger partial charge in [-0.05, 0) is 18.2 Å². The zero-order chi connectivity index (χ0) is 14.3. The molecule has 2 heterocycles. The molecule has 0 aliphatic rings. The van der Waals surface area contributed by atoms with Crippen LogP contribution in [0.2, 0.25) is 5.15 Å². The third-order valence-electron chi connectivity index (χ3n) is 2.83. The van der Waals surface area contributed by atoms with Crippen molar-refractivity contribution in [1.82, 2.24) is 14.6 Å². The van der Waals surface area contributed by atoms with Gasteiger partial charge >= 0.3 is 6.18 Å². The molecule has 0 fully saturated rings. The van der Waals surface area contributed by atoms with Crippen molar-refractivity contribution in [2.24, 2.45) is 0 Å². The predicted molar refractivity (Wildman–Crippen MR) is 68.4 cm³/mol. The number of hydrogen-bond acceptors (Lipinski definition) is 2. The number of rotatable bonds is 1. The summed E-state index contributed by atoms with van der Waals surface area (Å²) in [5.74, 6) is 0. The number of nitrogens with zero attached hydrogens (tertiary/aromatic N) is 3. The Balaban J connectivity index is 2.14. The van der Waals surface area contributed by atoms with Gasteiger partial charge in [0.15, 0.2) is 5.15 Å². The molecule has 20 heavy (non-hydrogen) atoms. The summed E-state index contributed by atoms with van der Waals surface area (Å²) in [4.78, 5) is 3.90. The Bertz CT molecular complexity index is 780. The lowest BCUT2D eigenvalue weighted by molar-refractivity contribution is -0.137. The number of hydrogen-bond donors (Lipinski definition) is 0. The smallest absolute Gasteiger partial charge is 0.241 e. The van der Waals surface area contributed by atoms with Gasteiger partial charge in [-0.15, -0.1) is 0 Å². The average molecular weight is 298 g/mol. The number of aromatic nitrogens is 3. The minimum Gasteiger partial charge on any atom is -0.241 e. The quantitative estimate of drug-likeness (QED) is 0.678. The van der Waals surface area contributed by atoms with Crippen LogP contribution in [0.5, 0.6) is 0 Å². The Hall–Kier alpha value is -2.08. The van der Waals surface area contributed by atoms with Gasteiger partial charge in [-0.2, -0.15) is 18.3 Å². The van der Waals surface area contributed by atoms with Gasteiger partial charge in [-0.3, -0.25) is 0 Å². The second-order valence-electron chi connectivity index (χ2n) is 4.16. The highest BCUT2D eigenvalue weighted by Gasteiger charge is 2.30. The summed E-state index contributed by atoms with van der Waals surface area (Å²) < 4.78 is 39.6. The molecule has 0 aliphatic heterocycles. The lowest BCUT2D eigenvalue weighted by Crippen LogP contribution is -2.04. The zero-order valence-corrected chi connectivity index (χ0v) is 10.7. The van der Waals surface area contributed by atoms with Crippen molar-refractivity contribution in [2.75, 3.05) is 0 Å². The molecule has 1 aromatic carbocycles. The van der Waals surface area contributed by atoms with Crippen LogP contribution >= 0.6 is 11.6 Å². The Kier molecular flexibility index (Phi) is 2.90. The molecule has 0 radical (unpaired) electrons. The largest absolute Gasteiger partial charge is 0.416 e. The second-order valence-corrected chi connectivity index (χ2v) is 4.51. The lowest BCUT2D eigenvalue weighted by atomic mass is 10.1. The Morgan fingerprint density at radius 1 is 1.15 bits per heavy atom. The third kappa shape index (κ3) is 2.22. The first-order valence-electron chi connectivity index (χ1n) is 5.63. The molecule has 3 aromatic rings. The van der Waals surface area contributed by atoms with E-state index in [0.717, 1.165) is 12.1 Å². The van der Waals surface area contributed by atoms with E-state index in [1.165, 1.54) is 16.8 Å². The van der Waals surface area contributed by atoms with Crippen LogP contribution in [-0.4, -0.2) is 14.6 Å². The summed E-state index contributed by atoms with van der Waals surface area (Å²) in [5, 5.41) is 4.44. The second kappa shape index (κ2) is 4.49. The highest BCUT2D eigenvalue weighted by molar-refractivity contribution is 6.32. The van der Waals surface area contributed by atoms with Crippen molar-refractivity contribution >= 4 is 17.1 Å². The SMILES string of the molecule is FC(F)(F)c1cccc(-c2cc3c(Cl)nccn3n2)c1. The van der Waals surface area contributed by atoms with Crippen LogP contribution in [-0.2, 0) is 6.18 Å². The van der Waals surface area contributed by atoms with Crippen LogP contribution in [0.25, 0.3) is 16.8 Å². The fraction of sp³-hybridized carbons (Fsp3) is 0.0769. The Morgan fingerprint density at radius 3 is 2.65 bits per heavy atom. The van der Waals surface area contributed by atoms with Gasteiger partial charge in [0.2, 0.25) is 0 Å². The first-order chi connectivity index (χ1) is 9.45. The van der Waals surface area contributed by atoms with Crippen molar-refractivity contribution in [3.8, 4) is 11.3 Å². The topological polar surface area (TPSA) is 30.2 Å². The zero-order valence-electron chi connectivity index (χ0n) is 9.89. The van der Waals surface area contributed by atoms with E-state index in [9.17, 15) is 13.2 Å². The maximum Gasteiger partial charge on any atom is 0.416 e. The van der Waals surface area contributed by atoms with E-state index < -0.39 is 11.7 Å². The summed E-state index contributed by atoms with van der Waals surface area (Å²) in [7, 11) is 0. The molecule has 0 unspecified atom stereocenters. The number of fused-ring (bicyclic) bond motifs is 1. The van der Waals surface area contributed by atoms with E-state index in [1.807, 2.05) is 0 Å². The predicted octanol–water partition coefficient (Wildman–Crippen LogP) is 4.07. The van der Waals surface area contributed by atoms with Crippen LogP contribution in [0, 0.1) is 0 Å². The standard InChI is InChI=1S/C13H7ClF3N3/c14-12-11-7-10(19-20(11)5-4-18-12)8-2-1-3-9(6-8)13(15,16)17/h1-7H. The van der Waals surface area contributed by atoms with Crippen molar-refractivity contribution in [3.63, 3.8) is 0 Å². The van der Waals surface area contributed by atoms with Gasteiger partial charge < -0.3 is 0 Å². The first-order valence-corrected chi connectivity index (χ1v) is 6.00. The highest BCUT2D eigenvalue weighted by atomic mass is 35.5. The van der Waals surface area contributed by atoms with E-state index in [1.54, 1.807) is 18.3 Å². The molecule has 3 nitrogen and oxygen atoms in total. The molecule has 0 atom stereocenters. The van der Waals surface area contributed by atoms with Gasteiger partial charge in [0, 0.05) is 18.0 Å². The third-order valence-corrected chi connectivity index (χ3v) is 3.12. The minimum atomic E-state index is -4.38. The van der Waals surface area contributed by atoms with E-state index in [2.05, 4.69) is 10.1 Å². The number of halogens is 4. The molecular weight excluding hydrogens is 291 g/mol. The van der Waals surface area contributed by atoms with Crippen LogP contribution in [0.3, 0.4) is 0 Å². The van der Waals surface area contributed by atoms with Crippen molar-refractivity contribution in [1.29, 1.82) is 0 Å². The molecule has 2 aromatic heterocycles. The van der Waals surface area contributed by atoms with Crippen LogP contribution < -0.4 is 0 Å². The molecule has 0 N–H and O–H groups in total. The van der Waals surface area contributed by atoms with Gasteiger partial charge in [-0.1, -0.05) is 23.7 Å². The summed E-state index contributed by atoms with van der Waals surface area (Å²) in [6.07, 6.45) is -1.33. The van der Waals surface area contributed by atoms with Gasteiger partial charge in [0.1, 0.15) is 5.52 Å². The first kappa shape index (κ1) is 12.9. The Morgan fingerprint density at radius 2 is 1.95 bits per heavy atom. The Labute approximate surface area is 116 Å². The minimum absolute atomic E-state index is 0.248. The number of alkyl halides is 3. The molecule has 102 valence electrons. The normalized spacial score (nSPS) is 12.0. The molecule has 3 rings (SSSR count). The number of benzene rings is 1. The molecule has 0 aliphatic carbocycles. The van der Waals surface area contributed by atoms with Crippen molar-refractivity contribution < 1.29 is 13.2 Å². The molecule has 0 bridgehead atoms. The van der Waals surface area contributed by atoms with Gasteiger partial charge in [0.05, 0.1) is 11.3 Å².